The Morgan fingerprint density at radius 1 is 1.55 bits per heavy atom. The second-order valence-electron chi connectivity index (χ2n) is 2.45. The highest BCUT2D eigenvalue weighted by Crippen LogP contribution is 2.02. The van der Waals surface area contributed by atoms with Crippen molar-refractivity contribution in [1.29, 1.82) is 0 Å². The third-order valence-corrected chi connectivity index (χ3v) is 1.56. The van der Waals surface area contributed by atoms with Crippen molar-refractivity contribution in [1.82, 2.24) is 15.0 Å². The molecule has 0 unspecified atom stereocenters. The van der Waals surface area contributed by atoms with Gasteiger partial charge in [0.25, 0.3) is 5.56 Å². The normalized spacial score (nSPS) is 10.6. The molecular weight excluding hydrogens is 142 g/mol. The Labute approximate surface area is 62.3 Å². The lowest BCUT2D eigenvalue weighted by Gasteiger charge is -1.90. The molecule has 0 bridgehead atoms. The molecule has 2 heterocycles. The van der Waals surface area contributed by atoms with Crippen molar-refractivity contribution in [3.63, 3.8) is 0 Å². The fraction of sp³-hybridized carbons (Fsp3) is 0.143. The predicted octanol–water partition coefficient (Wildman–Crippen LogP) is 0.560. The number of aromatic amines is 2. The highest BCUT2D eigenvalue weighted by Gasteiger charge is 1.99. The maximum Gasteiger partial charge on any atom is 0.276 e. The lowest BCUT2D eigenvalue weighted by molar-refractivity contribution is 1.16. The van der Waals surface area contributed by atoms with Gasteiger partial charge >= 0.3 is 0 Å². The molecule has 0 amide bonds. The first-order valence-electron chi connectivity index (χ1n) is 3.30. The molecular formula is C7H7N3O. The van der Waals surface area contributed by atoms with Crippen molar-refractivity contribution in [2.45, 2.75) is 6.92 Å². The van der Waals surface area contributed by atoms with E-state index in [0.29, 0.717) is 5.52 Å². The summed E-state index contributed by atoms with van der Waals surface area (Å²) in [6, 6.07) is 1.85. The van der Waals surface area contributed by atoms with E-state index in [1.54, 1.807) is 0 Å². The number of nitrogens with zero attached hydrogens (tertiary/aromatic N) is 1. The Kier molecular flexibility index (Phi) is 1.09. The van der Waals surface area contributed by atoms with Crippen LogP contribution in [-0.4, -0.2) is 15.0 Å². The zero-order valence-corrected chi connectivity index (χ0v) is 6.01. The summed E-state index contributed by atoms with van der Waals surface area (Å²) in [5.41, 5.74) is 1.95. The maximum absolute atomic E-state index is 11.1. The third-order valence-electron chi connectivity index (χ3n) is 1.56. The van der Waals surface area contributed by atoms with Crippen molar-refractivity contribution in [2.24, 2.45) is 0 Å². The number of pyridine rings is 1. The van der Waals surface area contributed by atoms with E-state index in [4.69, 9.17) is 0 Å². The van der Waals surface area contributed by atoms with Gasteiger partial charge in [0.15, 0.2) is 5.52 Å². The van der Waals surface area contributed by atoms with Crippen LogP contribution in [-0.2, 0) is 0 Å². The smallest absolute Gasteiger partial charge is 0.276 e. The Bertz CT molecular complexity index is 440. The molecule has 0 aliphatic carbocycles. The van der Waals surface area contributed by atoms with Gasteiger partial charge in [-0.15, -0.1) is 0 Å². The summed E-state index contributed by atoms with van der Waals surface area (Å²) in [6.07, 6.45) is 1.51. The largest absolute Gasteiger partial charge is 0.344 e. The number of fused-ring (bicyclic) bond motifs is 1. The molecule has 0 aliphatic rings. The van der Waals surface area contributed by atoms with Crippen molar-refractivity contribution < 1.29 is 0 Å². The number of H-pyrrole nitrogens is 2. The van der Waals surface area contributed by atoms with E-state index >= 15 is 0 Å². The molecule has 2 aromatic rings. The van der Waals surface area contributed by atoms with E-state index in [2.05, 4.69) is 15.0 Å². The Balaban J connectivity index is 3.02. The molecule has 0 aliphatic heterocycles. The summed E-state index contributed by atoms with van der Waals surface area (Å²) < 4.78 is 0. The van der Waals surface area contributed by atoms with Crippen LogP contribution in [0.5, 0.6) is 0 Å². The number of imidazole rings is 1. The zero-order chi connectivity index (χ0) is 7.84. The van der Waals surface area contributed by atoms with Crippen LogP contribution in [0, 0.1) is 6.92 Å². The van der Waals surface area contributed by atoms with Crippen LogP contribution in [0.1, 0.15) is 5.69 Å². The van der Waals surface area contributed by atoms with E-state index in [1.807, 2.05) is 13.0 Å². The van der Waals surface area contributed by atoms with Gasteiger partial charge in [0, 0.05) is 5.69 Å². The number of aryl methyl sites for hydroxylation is 1. The zero-order valence-electron chi connectivity index (χ0n) is 6.01. The van der Waals surface area contributed by atoms with Crippen molar-refractivity contribution in [2.75, 3.05) is 0 Å². The monoisotopic (exact) mass is 149 g/mol. The highest BCUT2D eigenvalue weighted by molar-refractivity contribution is 5.73. The topological polar surface area (TPSA) is 61.5 Å². The molecule has 11 heavy (non-hydrogen) atoms. The Morgan fingerprint density at radius 3 is 3.18 bits per heavy atom. The Morgan fingerprint density at radius 2 is 2.36 bits per heavy atom. The van der Waals surface area contributed by atoms with Gasteiger partial charge in [-0.2, -0.15) is 0 Å². The molecule has 2 N–H and O–H groups in total. The first-order chi connectivity index (χ1) is 5.27. The summed E-state index contributed by atoms with van der Waals surface area (Å²) in [6.45, 7) is 1.84. The van der Waals surface area contributed by atoms with Crippen LogP contribution in [0.2, 0.25) is 0 Å². The summed E-state index contributed by atoms with van der Waals surface area (Å²) in [4.78, 5) is 20.5. The van der Waals surface area contributed by atoms with Gasteiger partial charge in [-0.3, -0.25) is 4.79 Å². The second-order valence-corrected chi connectivity index (χ2v) is 2.45. The van der Waals surface area contributed by atoms with E-state index in [0.717, 1.165) is 11.2 Å². The van der Waals surface area contributed by atoms with Crippen LogP contribution >= 0.6 is 0 Å². The lowest BCUT2D eigenvalue weighted by Crippen LogP contribution is -2.06. The molecule has 4 heteroatoms. The second kappa shape index (κ2) is 1.95. The minimum absolute atomic E-state index is 0.138. The molecule has 0 saturated carbocycles. The van der Waals surface area contributed by atoms with Gasteiger partial charge < -0.3 is 9.97 Å². The van der Waals surface area contributed by atoms with Gasteiger partial charge in [0.1, 0.15) is 0 Å². The maximum atomic E-state index is 11.1. The predicted molar refractivity (Wildman–Crippen MR) is 41.5 cm³/mol. The van der Waals surface area contributed by atoms with Gasteiger partial charge in [-0.05, 0) is 13.0 Å². The van der Waals surface area contributed by atoms with E-state index in [1.165, 1.54) is 6.33 Å². The molecule has 0 radical (unpaired) electrons. The number of nitrogens with one attached hydrogen (secondary N) is 2. The van der Waals surface area contributed by atoms with Gasteiger partial charge in [0.05, 0.1) is 11.8 Å². The standard InChI is InChI=1S/C7H7N3O/c1-4-2-5-6(7(11)10-4)9-3-8-5/h2-3H,1H3,(H,8,9)(H,10,11). The average Bonchev–Trinajstić information content (AvgIpc) is 2.34. The molecule has 0 spiro atoms. The SMILES string of the molecule is Cc1cc2[nH]cnc2c(=O)[nH]1. The lowest BCUT2D eigenvalue weighted by atomic mass is 10.3. The fourth-order valence-electron chi connectivity index (χ4n) is 1.09. The Hall–Kier alpha value is -1.58. The van der Waals surface area contributed by atoms with Gasteiger partial charge in [-0.25, -0.2) is 4.98 Å². The summed E-state index contributed by atoms with van der Waals surface area (Å²) in [7, 11) is 0. The highest BCUT2D eigenvalue weighted by atomic mass is 16.1. The van der Waals surface area contributed by atoms with Crippen LogP contribution in [0.15, 0.2) is 17.2 Å². The number of hydrogen-bond acceptors (Lipinski definition) is 2. The molecule has 56 valence electrons. The van der Waals surface area contributed by atoms with Crippen molar-refractivity contribution in [3.05, 3.63) is 28.4 Å². The van der Waals surface area contributed by atoms with Crippen molar-refractivity contribution in [3.8, 4) is 0 Å². The van der Waals surface area contributed by atoms with Crippen LogP contribution in [0.25, 0.3) is 11.0 Å². The first kappa shape index (κ1) is 6.15. The van der Waals surface area contributed by atoms with E-state index in [9.17, 15) is 4.79 Å². The molecule has 0 saturated heterocycles. The summed E-state index contributed by atoms with van der Waals surface area (Å²) >= 11 is 0. The summed E-state index contributed by atoms with van der Waals surface area (Å²) in [5, 5.41) is 0. The molecule has 0 aromatic carbocycles. The molecule has 0 fully saturated rings. The van der Waals surface area contributed by atoms with E-state index < -0.39 is 0 Å². The van der Waals surface area contributed by atoms with E-state index in [-0.39, 0.29) is 5.56 Å². The van der Waals surface area contributed by atoms with Crippen LogP contribution in [0.3, 0.4) is 0 Å². The molecule has 4 nitrogen and oxygen atoms in total. The third kappa shape index (κ3) is 0.832. The van der Waals surface area contributed by atoms with Crippen LogP contribution in [0.4, 0.5) is 0 Å². The quantitative estimate of drug-likeness (QED) is 0.574. The minimum atomic E-state index is -0.138. The number of rotatable bonds is 0. The fourth-order valence-corrected chi connectivity index (χ4v) is 1.09. The molecule has 2 rings (SSSR count). The van der Waals surface area contributed by atoms with Crippen LogP contribution < -0.4 is 5.56 Å². The number of hydrogen-bond donors (Lipinski definition) is 2. The summed E-state index contributed by atoms with van der Waals surface area (Å²) in [5.74, 6) is 0. The number of aromatic nitrogens is 3. The van der Waals surface area contributed by atoms with Gasteiger partial charge in [-0.1, -0.05) is 0 Å². The first-order valence-corrected chi connectivity index (χ1v) is 3.30. The molecule has 2 aromatic heterocycles. The molecule has 0 atom stereocenters. The van der Waals surface area contributed by atoms with Gasteiger partial charge in [0.2, 0.25) is 0 Å². The van der Waals surface area contributed by atoms with Crippen molar-refractivity contribution >= 4 is 11.0 Å². The average molecular weight is 149 g/mol. The minimum Gasteiger partial charge on any atom is -0.344 e.